The molecule has 2 aromatic carbocycles. The molecule has 0 aliphatic rings. The number of rotatable bonds is 4. The number of aromatic nitrogens is 1. The van der Waals surface area contributed by atoms with Crippen LogP contribution in [0.2, 0.25) is 5.02 Å². The molecule has 0 spiro atoms. The highest BCUT2D eigenvalue weighted by Gasteiger charge is 2.17. The Labute approximate surface area is 149 Å². The zero-order chi connectivity index (χ0) is 18.1. The van der Waals surface area contributed by atoms with Gasteiger partial charge in [-0.2, -0.15) is 0 Å². The summed E-state index contributed by atoms with van der Waals surface area (Å²) in [7, 11) is 1.80. The van der Waals surface area contributed by atoms with Gasteiger partial charge in [-0.05, 0) is 36.8 Å². The zero-order valence-corrected chi connectivity index (χ0v) is 14.6. The van der Waals surface area contributed by atoms with Gasteiger partial charge in [-0.1, -0.05) is 29.8 Å². The first kappa shape index (κ1) is 17.5. The fraction of sp³-hybridized carbons (Fsp3) is 0.211. The number of halogens is 2. The summed E-state index contributed by atoms with van der Waals surface area (Å²) in [6, 6.07) is 11.4. The van der Waals surface area contributed by atoms with E-state index in [2.05, 4.69) is 5.32 Å². The van der Waals surface area contributed by atoms with Gasteiger partial charge in [0.2, 0.25) is 0 Å². The van der Waals surface area contributed by atoms with Gasteiger partial charge in [-0.25, -0.2) is 4.39 Å². The molecule has 4 nitrogen and oxygen atoms in total. The van der Waals surface area contributed by atoms with Gasteiger partial charge >= 0.3 is 0 Å². The normalized spacial score (nSPS) is 12.4. The first-order chi connectivity index (χ1) is 11.9. The van der Waals surface area contributed by atoms with E-state index in [0.29, 0.717) is 16.3 Å². The lowest BCUT2D eigenvalue weighted by molar-refractivity contribution is 0.0932. The van der Waals surface area contributed by atoms with Crippen LogP contribution in [0, 0.1) is 5.82 Å². The van der Waals surface area contributed by atoms with Gasteiger partial charge < -0.3 is 15.0 Å². The highest BCUT2D eigenvalue weighted by Crippen LogP contribution is 2.23. The number of nitrogens with zero attached hydrogens (tertiary/aromatic N) is 1. The SMILES string of the molecule is C[C@H](NC(=O)c1cc2ccc(Cl)cc2n1C)c1ccc(CO)c(F)c1. The van der Waals surface area contributed by atoms with E-state index in [1.54, 1.807) is 42.8 Å². The molecule has 1 heterocycles. The minimum absolute atomic E-state index is 0.229. The Hall–Kier alpha value is -2.37. The molecule has 0 aliphatic carbocycles. The van der Waals surface area contributed by atoms with Gasteiger partial charge in [-0.3, -0.25) is 4.79 Å². The van der Waals surface area contributed by atoms with Crippen LogP contribution in [0.25, 0.3) is 10.9 Å². The third kappa shape index (κ3) is 3.38. The Bertz CT molecular complexity index is 952. The van der Waals surface area contributed by atoms with Crippen molar-refractivity contribution in [1.29, 1.82) is 0 Å². The maximum absolute atomic E-state index is 13.8. The van der Waals surface area contributed by atoms with Crippen molar-refractivity contribution >= 4 is 28.4 Å². The van der Waals surface area contributed by atoms with E-state index in [1.807, 2.05) is 6.07 Å². The summed E-state index contributed by atoms with van der Waals surface area (Å²) in [5.74, 6) is -0.741. The summed E-state index contributed by atoms with van der Waals surface area (Å²) < 4.78 is 15.6. The molecule has 0 bridgehead atoms. The molecule has 6 heteroatoms. The number of benzene rings is 2. The third-order valence-electron chi connectivity index (χ3n) is 4.34. The molecule has 25 heavy (non-hydrogen) atoms. The van der Waals surface area contributed by atoms with Crippen LogP contribution in [0.1, 0.15) is 34.6 Å². The Morgan fingerprint density at radius 2 is 2.04 bits per heavy atom. The third-order valence-corrected chi connectivity index (χ3v) is 4.57. The number of carbonyl (C=O) groups is 1. The largest absolute Gasteiger partial charge is 0.392 e. The number of amides is 1. The number of fused-ring (bicyclic) bond motifs is 1. The molecular formula is C19H18ClFN2O2. The standard InChI is InChI=1S/C19H18ClFN2O2/c1-11(12-3-4-14(10-24)16(21)7-12)22-19(25)18-8-13-5-6-15(20)9-17(13)23(18)2/h3-9,11,24H,10H2,1-2H3,(H,22,25)/t11-/m0/s1. The van der Waals surface area contributed by atoms with Crippen molar-refractivity contribution < 1.29 is 14.3 Å². The van der Waals surface area contributed by atoms with Crippen molar-refractivity contribution in [2.75, 3.05) is 0 Å². The quantitative estimate of drug-likeness (QED) is 0.740. The van der Waals surface area contributed by atoms with Crippen LogP contribution in [0.5, 0.6) is 0 Å². The molecule has 0 saturated heterocycles. The fourth-order valence-electron chi connectivity index (χ4n) is 2.84. The molecule has 0 aliphatic heterocycles. The summed E-state index contributed by atoms with van der Waals surface area (Å²) in [6.45, 7) is 1.43. The second-order valence-electron chi connectivity index (χ2n) is 6.00. The lowest BCUT2D eigenvalue weighted by atomic mass is 10.1. The predicted molar refractivity (Wildman–Crippen MR) is 96.1 cm³/mol. The Morgan fingerprint density at radius 1 is 1.28 bits per heavy atom. The summed E-state index contributed by atoms with van der Waals surface area (Å²) in [5.41, 5.74) is 2.22. The molecule has 3 aromatic rings. The number of hydrogen-bond donors (Lipinski definition) is 2. The molecule has 3 rings (SSSR count). The monoisotopic (exact) mass is 360 g/mol. The highest BCUT2D eigenvalue weighted by atomic mass is 35.5. The molecule has 1 amide bonds. The van der Waals surface area contributed by atoms with E-state index in [0.717, 1.165) is 10.9 Å². The highest BCUT2D eigenvalue weighted by molar-refractivity contribution is 6.31. The minimum Gasteiger partial charge on any atom is -0.392 e. The molecule has 0 fully saturated rings. The molecular weight excluding hydrogens is 343 g/mol. The fourth-order valence-corrected chi connectivity index (χ4v) is 3.00. The Kier molecular flexibility index (Phi) is 4.79. The lowest BCUT2D eigenvalue weighted by Gasteiger charge is -2.15. The number of aryl methyl sites for hydroxylation is 1. The molecule has 0 radical (unpaired) electrons. The van der Waals surface area contributed by atoms with Gasteiger partial charge in [0.25, 0.3) is 5.91 Å². The smallest absolute Gasteiger partial charge is 0.268 e. The molecule has 0 saturated carbocycles. The zero-order valence-electron chi connectivity index (χ0n) is 13.9. The van der Waals surface area contributed by atoms with Crippen molar-refractivity contribution in [3.63, 3.8) is 0 Å². The second-order valence-corrected chi connectivity index (χ2v) is 6.43. The van der Waals surface area contributed by atoms with E-state index < -0.39 is 5.82 Å². The van der Waals surface area contributed by atoms with Crippen LogP contribution < -0.4 is 5.32 Å². The number of aliphatic hydroxyl groups is 1. The van der Waals surface area contributed by atoms with E-state index in [4.69, 9.17) is 16.7 Å². The maximum atomic E-state index is 13.8. The van der Waals surface area contributed by atoms with Crippen molar-refractivity contribution in [3.05, 3.63) is 70.1 Å². The van der Waals surface area contributed by atoms with E-state index in [9.17, 15) is 9.18 Å². The number of hydrogen-bond acceptors (Lipinski definition) is 2. The van der Waals surface area contributed by atoms with Crippen LogP contribution in [-0.4, -0.2) is 15.6 Å². The Balaban J connectivity index is 1.84. The van der Waals surface area contributed by atoms with Gasteiger partial charge in [-0.15, -0.1) is 0 Å². The summed E-state index contributed by atoms with van der Waals surface area (Å²) >= 11 is 6.02. The maximum Gasteiger partial charge on any atom is 0.268 e. The van der Waals surface area contributed by atoms with Gasteiger partial charge in [0.15, 0.2) is 0 Å². The number of carbonyl (C=O) groups excluding carboxylic acids is 1. The molecule has 1 atom stereocenters. The van der Waals surface area contributed by atoms with Crippen LogP contribution >= 0.6 is 11.6 Å². The number of nitrogens with one attached hydrogen (secondary N) is 1. The first-order valence-corrected chi connectivity index (χ1v) is 8.23. The molecule has 1 aromatic heterocycles. The van der Waals surface area contributed by atoms with Crippen molar-refractivity contribution in [2.24, 2.45) is 7.05 Å². The molecule has 130 valence electrons. The summed E-state index contributed by atoms with van der Waals surface area (Å²) in [4.78, 5) is 12.6. The molecule has 2 N–H and O–H groups in total. The topological polar surface area (TPSA) is 54.3 Å². The minimum atomic E-state index is -0.486. The van der Waals surface area contributed by atoms with Crippen molar-refractivity contribution in [2.45, 2.75) is 19.6 Å². The van der Waals surface area contributed by atoms with Crippen LogP contribution in [-0.2, 0) is 13.7 Å². The first-order valence-electron chi connectivity index (χ1n) is 7.85. The van der Waals surface area contributed by atoms with Gasteiger partial charge in [0, 0.05) is 28.5 Å². The van der Waals surface area contributed by atoms with Gasteiger partial charge in [0.05, 0.1) is 12.6 Å². The van der Waals surface area contributed by atoms with E-state index >= 15 is 0 Å². The van der Waals surface area contributed by atoms with Gasteiger partial charge in [0.1, 0.15) is 11.5 Å². The predicted octanol–water partition coefficient (Wildman–Crippen LogP) is 3.95. The van der Waals surface area contributed by atoms with E-state index in [-0.39, 0.29) is 24.1 Å². The second kappa shape index (κ2) is 6.86. The lowest BCUT2D eigenvalue weighted by Crippen LogP contribution is -2.28. The summed E-state index contributed by atoms with van der Waals surface area (Å²) in [5, 5.41) is 13.4. The van der Waals surface area contributed by atoms with Crippen LogP contribution in [0.15, 0.2) is 42.5 Å². The van der Waals surface area contributed by atoms with Crippen LogP contribution in [0.3, 0.4) is 0 Å². The van der Waals surface area contributed by atoms with Crippen LogP contribution in [0.4, 0.5) is 4.39 Å². The summed E-state index contributed by atoms with van der Waals surface area (Å²) in [6.07, 6.45) is 0. The average Bonchev–Trinajstić information content (AvgIpc) is 2.91. The van der Waals surface area contributed by atoms with E-state index in [1.165, 1.54) is 12.1 Å². The Morgan fingerprint density at radius 3 is 2.72 bits per heavy atom. The van der Waals surface area contributed by atoms with Crippen molar-refractivity contribution in [1.82, 2.24) is 9.88 Å². The molecule has 0 unspecified atom stereocenters. The average molecular weight is 361 g/mol. The number of aliphatic hydroxyl groups excluding tert-OH is 1. The van der Waals surface area contributed by atoms with Crippen molar-refractivity contribution in [3.8, 4) is 0 Å².